The van der Waals surface area contributed by atoms with Gasteiger partial charge in [0, 0.05) is 17.9 Å². The monoisotopic (exact) mass is 321 g/mol. The Balaban J connectivity index is 1.87. The van der Waals surface area contributed by atoms with Gasteiger partial charge in [-0.15, -0.1) is 0 Å². The summed E-state index contributed by atoms with van der Waals surface area (Å²) >= 11 is 0. The summed E-state index contributed by atoms with van der Waals surface area (Å²) in [6, 6.07) is 5.40. The van der Waals surface area contributed by atoms with E-state index in [1.807, 2.05) is 12.1 Å². The number of hydrogen-bond donors (Lipinski definition) is 2. The predicted molar refractivity (Wildman–Crippen MR) is 91.3 cm³/mol. The van der Waals surface area contributed by atoms with E-state index in [0.717, 1.165) is 18.4 Å². The van der Waals surface area contributed by atoms with Crippen molar-refractivity contribution in [2.75, 3.05) is 39.2 Å². The number of carbonyl (C=O) groups is 1. The molecule has 0 aromatic heterocycles. The van der Waals surface area contributed by atoms with Crippen LogP contribution >= 0.6 is 0 Å². The van der Waals surface area contributed by atoms with Gasteiger partial charge in [-0.2, -0.15) is 0 Å². The second kappa shape index (κ2) is 8.20. The second-order valence-electron chi connectivity index (χ2n) is 6.72. The molecule has 0 unspecified atom stereocenters. The Bertz CT molecular complexity index is 523. The molecule has 0 spiro atoms. The third-order valence-electron chi connectivity index (χ3n) is 4.47. The van der Waals surface area contributed by atoms with Crippen LogP contribution in [0.4, 0.5) is 5.69 Å². The number of amides is 1. The summed E-state index contributed by atoms with van der Waals surface area (Å²) < 4.78 is 10.5. The van der Waals surface area contributed by atoms with E-state index in [4.69, 9.17) is 9.47 Å². The van der Waals surface area contributed by atoms with Crippen LogP contribution in [-0.4, -0.2) is 39.8 Å². The molecule has 1 aromatic carbocycles. The second-order valence-corrected chi connectivity index (χ2v) is 6.72. The Morgan fingerprint density at radius 2 is 1.91 bits per heavy atom. The molecule has 1 heterocycles. The zero-order chi connectivity index (χ0) is 16.8. The van der Waals surface area contributed by atoms with E-state index in [1.54, 1.807) is 20.3 Å². The first kappa shape index (κ1) is 17.6. The number of likely N-dealkylation sites (tertiary alicyclic amines) is 1. The van der Waals surface area contributed by atoms with Crippen molar-refractivity contribution in [2.24, 2.45) is 11.8 Å². The molecule has 0 bridgehead atoms. The van der Waals surface area contributed by atoms with Crippen LogP contribution in [0.15, 0.2) is 18.2 Å². The minimum Gasteiger partial charge on any atom is -0.497 e. The van der Waals surface area contributed by atoms with Crippen molar-refractivity contribution in [3.63, 3.8) is 0 Å². The number of ether oxygens (including phenoxy) is 2. The third kappa shape index (κ3) is 5.13. The first-order valence-electron chi connectivity index (χ1n) is 8.37. The zero-order valence-corrected chi connectivity index (χ0v) is 14.6. The highest BCUT2D eigenvalue weighted by atomic mass is 16.5. The Morgan fingerprint density at radius 3 is 2.52 bits per heavy atom. The molecule has 0 aliphatic carbocycles. The van der Waals surface area contributed by atoms with Crippen LogP contribution < -0.4 is 19.7 Å². The van der Waals surface area contributed by atoms with E-state index in [-0.39, 0.29) is 5.91 Å². The predicted octanol–water partition coefficient (Wildman–Crippen LogP) is 1.59. The van der Waals surface area contributed by atoms with Gasteiger partial charge in [0.2, 0.25) is 5.91 Å². The molecule has 1 aliphatic heterocycles. The average Bonchev–Trinajstić information content (AvgIpc) is 2.52. The van der Waals surface area contributed by atoms with E-state index < -0.39 is 0 Å². The molecule has 0 radical (unpaired) electrons. The van der Waals surface area contributed by atoms with Gasteiger partial charge in [-0.3, -0.25) is 4.79 Å². The van der Waals surface area contributed by atoms with Gasteiger partial charge in [0.05, 0.1) is 46.0 Å². The molecule has 1 fully saturated rings. The van der Waals surface area contributed by atoms with Gasteiger partial charge in [0.1, 0.15) is 11.5 Å². The molecule has 0 saturated carbocycles. The standard InChI is InChI=1S/C18H28N2O3/c1-13-9-14(2)12-20(11-13)8-7-18(21)19-16-6-5-15(22-3)10-17(16)23-4/h5-6,10,13-14H,7-9,11-12H2,1-4H3,(H,19,21)/p+1/t13-,14-/m1/s1. The molecule has 2 N–H and O–H groups in total. The molecule has 2 rings (SSSR count). The fourth-order valence-electron chi connectivity index (χ4n) is 3.53. The van der Waals surface area contributed by atoms with Crippen LogP contribution in [0.1, 0.15) is 26.7 Å². The van der Waals surface area contributed by atoms with E-state index >= 15 is 0 Å². The molecule has 5 nitrogen and oxygen atoms in total. The lowest BCUT2D eigenvalue weighted by Gasteiger charge is -2.31. The lowest BCUT2D eigenvalue weighted by Crippen LogP contribution is -3.14. The normalized spacial score (nSPS) is 24.1. The highest BCUT2D eigenvalue weighted by molar-refractivity contribution is 5.92. The quantitative estimate of drug-likeness (QED) is 0.837. The first-order valence-corrected chi connectivity index (χ1v) is 8.37. The molecule has 1 saturated heterocycles. The van der Waals surface area contributed by atoms with Crippen molar-refractivity contribution >= 4 is 11.6 Å². The number of carbonyl (C=O) groups excluding carboxylic acids is 1. The van der Waals surface area contributed by atoms with E-state index in [0.29, 0.717) is 23.6 Å². The summed E-state index contributed by atoms with van der Waals surface area (Å²) in [6.45, 7) is 7.84. The Kier molecular flexibility index (Phi) is 6.28. The lowest BCUT2D eigenvalue weighted by atomic mass is 9.92. The topological polar surface area (TPSA) is 52.0 Å². The average molecular weight is 321 g/mol. The van der Waals surface area contributed by atoms with Crippen molar-refractivity contribution in [3.8, 4) is 11.5 Å². The molecular formula is C18H29N2O3+. The van der Waals surface area contributed by atoms with Crippen LogP contribution in [0, 0.1) is 11.8 Å². The van der Waals surface area contributed by atoms with Crippen molar-refractivity contribution in [1.82, 2.24) is 0 Å². The van der Waals surface area contributed by atoms with Crippen LogP contribution in [0.25, 0.3) is 0 Å². The molecular weight excluding hydrogens is 292 g/mol. The van der Waals surface area contributed by atoms with Crippen molar-refractivity contribution < 1.29 is 19.2 Å². The number of quaternary nitrogens is 1. The van der Waals surface area contributed by atoms with Crippen LogP contribution in [0.2, 0.25) is 0 Å². The number of anilines is 1. The van der Waals surface area contributed by atoms with Gasteiger partial charge in [-0.25, -0.2) is 0 Å². The van der Waals surface area contributed by atoms with Crippen molar-refractivity contribution in [1.29, 1.82) is 0 Å². The van der Waals surface area contributed by atoms with Gasteiger partial charge in [0.15, 0.2) is 0 Å². The van der Waals surface area contributed by atoms with Crippen molar-refractivity contribution in [2.45, 2.75) is 26.7 Å². The largest absolute Gasteiger partial charge is 0.497 e. The van der Waals surface area contributed by atoms with Gasteiger partial charge < -0.3 is 19.7 Å². The Labute approximate surface area is 139 Å². The SMILES string of the molecule is COc1ccc(NC(=O)CC[NH+]2C[C@H](C)C[C@@H](C)C2)c(OC)c1. The van der Waals surface area contributed by atoms with E-state index in [9.17, 15) is 4.79 Å². The maximum Gasteiger partial charge on any atom is 0.230 e. The van der Waals surface area contributed by atoms with E-state index in [2.05, 4.69) is 19.2 Å². The fraction of sp³-hybridized carbons (Fsp3) is 0.611. The van der Waals surface area contributed by atoms with Gasteiger partial charge >= 0.3 is 0 Å². The fourth-order valence-corrected chi connectivity index (χ4v) is 3.53. The number of methoxy groups -OCH3 is 2. The third-order valence-corrected chi connectivity index (χ3v) is 4.47. The minimum absolute atomic E-state index is 0.0341. The van der Waals surface area contributed by atoms with Gasteiger partial charge in [-0.1, -0.05) is 13.8 Å². The number of rotatable bonds is 6. The summed E-state index contributed by atoms with van der Waals surface area (Å²) in [6.07, 6.45) is 1.84. The lowest BCUT2D eigenvalue weighted by molar-refractivity contribution is -0.911. The molecule has 128 valence electrons. The van der Waals surface area contributed by atoms with Gasteiger partial charge in [0.25, 0.3) is 0 Å². The number of piperidine rings is 1. The maximum absolute atomic E-state index is 12.2. The molecule has 2 atom stereocenters. The Morgan fingerprint density at radius 1 is 1.22 bits per heavy atom. The molecule has 1 aromatic rings. The summed E-state index contributed by atoms with van der Waals surface area (Å²) in [5.41, 5.74) is 0.689. The van der Waals surface area contributed by atoms with Crippen molar-refractivity contribution in [3.05, 3.63) is 18.2 Å². The first-order chi connectivity index (χ1) is 11.0. The van der Waals surface area contributed by atoms with E-state index in [1.165, 1.54) is 24.4 Å². The maximum atomic E-state index is 12.2. The number of nitrogens with one attached hydrogen (secondary N) is 2. The van der Waals surface area contributed by atoms with Crippen LogP contribution in [-0.2, 0) is 4.79 Å². The highest BCUT2D eigenvalue weighted by Gasteiger charge is 2.25. The highest BCUT2D eigenvalue weighted by Crippen LogP contribution is 2.29. The zero-order valence-electron chi connectivity index (χ0n) is 14.6. The van der Waals surface area contributed by atoms with Gasteiger partial charge in [-0.05, 0) is 18.6 Å². The van der Waals surface area contributed by atoms with Crippen LogP contribution in [0.5, 0.6) is 11.5 Å². The molecule has 23 heavy (non-hydrogen) atoms. The Hall–Kier alpha value is -1.75. The summed E-state index contributed by atoms with van der Waals surface area (Å²) in [4.78, 5) is 13.8. The summed E-state index contributed by atoms with van der Waals surface area (Å²) in [5.74, 6) is 2.86. The number of hydrogen-bond acceptors (Lipinski definition) is 3. The minimum atomic E-state index is 0.0341. The summed E-state index contributed by atoms with van der Waals surface area (Å²) in [7, 11) is 3.20. The molecule has 5 heteroatoms. The molecule has 1 amide bonds. The smallest absolute Gasteiger partial charge is 0.230 e. The molecule has 1 aliphatic rings. The number of benzene rings is 1. The van der Waals surface area contributed by atoms with Crippen LogP contribution in [0.3, 0.4) is 0 Å². The summed E-state index contributed by atoms with van der Waals surface area (Å²) in [5, 5.41) is 2.94.